The van der Waals surface area contributed by atoms with Crippen LogP contribution in [0, 0.1) is 5.92 Å². The number of thiazole rings is 1. The van der Waals surface area contributed by atoms with Crippen LogP contribution in [0.4, 0.5) is 0 Å². The standard InChI is InChI=1S/C13H20N2S/c1-2-12(13-14-8-9-16-13)15-10-11-6-4-3-5-7-11/h3-4,8-9,11-12,15H,2,5-7,10H2,1H3. The predicted octanol–water partition coefficient (Wildman–Crippen LogP) is 3.54. The van der Waals surface area contributed by atoms with Gasteiger partial charge in [-0.1, -0.05) is 19.1 Å². The lowest BCUT2D eigenvalue weighted by Crippen LogP contribution is -2.27. The SMILES string of the molecule is CCC(NCC1CC=CCC1)c1nccs1. The molecule has 2 nitrogen and oxygen atoms in total. The molecule has 0 spiro atoms. The highest BCUT2D eigenvalue weighted by atomic mass is 32.1. The first-order chi connectivity index (χ1) is 7.90. The second kappa shape index (κ2) is 6.16. The smallest absolute Gasteiger partial charge is 0.109 e. The highest BCUT2D eigenvalue weighted by Crippen LogP contribution is 2.21. The number of aromatic nitrogens is 1. The molecule has 1 N–H and O–H groups in total. The molecule has 0 aromatic carbocycles. The Morgan fingerprint density at radius 1 is 1.56 bits per heavy atom. The van der Waals surface area contributed by atoms with Crippen LogP contribution in [0.3, 0.4) is 0 Å². The van der Waals surface area contributed by atoms with Gasteiger partial charge in [-0.2, -0.15) is 0 Å². The van der Waals surface area contributed by atoms with Crippen LogP contribution < -0.4 is 5.32 Å². The molecule has 2 rings (SSSR count). The fourth-order valence-electron chi connectivity index (χ4n) is 2.16. The van der Waals surface area contributed by atoms with Crippen molar-refractivity contribution in [3.05, 3.63) is 28.7 Å². The van der Waals surface area contributed by atoms with Gasteiger partial charge in [-0.05, 0) is 38.1 Å². The van der Waals surface area contributed by atoms with Crippen molar-refractivity contribution in [3.8, 4) is 0 Å². The maximum atomic E-state index is 4.39. The molecule has 0 saturated heterocycles. The largest absolute Gasteiger partial charge is 0.308 e. The van der Waals surface area contributed by atoms with Gasteiger partial charge in [0, 0.05) is 11.6 Å². The summed E-state index contributed by atoms with van der Waals surface area (Å²) in [7, 11) is 0. The van der Waals surface area contributed by atoms with E-state index in [0.29, 0.717) is 6.04 Å². The molecule has 0 fully saturated rings. The zero-order valence-corrected chi connectivity index (χ0v) is 10.7. The van der Waals surface area contributed by atoms with Crippen LogP contribution in [-0.2, 0) is 0 Å². The van der Waals surface area contributed by atoms with Gasteiger partial charge in [0.15, 0.2) is 0 Å². The number of nitrogens with one attached hydrogen (secondary N) is 1. The average molecular weight is 236 g/mol. The number of hydrogen-bond donors (Lipinski definition) is 1. The maximum absolute atomic E-state index is 4.39. The molecule has 2 atom stereocenters. The summed E-state index contributed by atoms with van der Waals surface area (Å²) in [5.74, 6) is 0.819. The Hall–Kier alpha value is -0.670. The summed E-state index contributed by atoms with van der Waals surface area (Å²) < 4.78 is 0. The topological polar surface area (TPSA) is 24.9 Å². The summed E-state index contributed by atoms with van der Waals surface area (Å²) in [6.45, 7) is 3.35. The number of hydrogen-bond acceptors (Lipinski definition) is 3. The fraction of sp³-hybridized carbons (Fsp3) is 0.615. The quantitative estimate of drug-likeness (QED) is 0.791. The van der Waals surface area contributed by atoms with Crippen molar-refractivity contribution in [3.63, 3.8) is 0 Å². The molecule has 3 heteroatoms. The summed E-state index contributed by atoms with van der Waals surface area (Å²) in [6, 6.07) is 0.450. The van der Waals surface area contributed by atoms with Crippen LogP contribution >= 0.6 is 11.3 Å². The molecule has 0 amide bonds. The van der Waals surface area contributed by atoms with Gasteiger partial charge in [0.2, 0.25) is 0 Å². The Morgan fingerprint density at radius 3 is 3.12 bits per heavy atom. The fourth-order valence-corrected chi connectivity index (χ4v) is 2.96. The number of allylic oxidation sites excluding steroid dienone is 2. The van der Waals surface area contributed by atoms with E-state index in [1.807, 2.05) is 6.20 Å². The summed E-state index contributed by atoms with van der Waals surface area (Å²) in [4.78, 5) is 4.39. The first-order valence-electron chi connectivity index (χ1n) is 6.18. The molecule has 1 heterocycles. The van der Waals surface area contributed by atoms with E-state index in [4.69, 9.17) is 0 Å². The van der Waals surface area contributed by atoms with Gasteiger partial charge in [-0.25, -0.2) is 4.98 Å². The third-order valence-electron chi connectivity index (χ3n) is 3.19. The molecule has 2 unspecified atom stereocenters. The van der Waals surface area contributed by atoms with Crippen LogP contribution in [0.15, 0.2) is 23.7 Å². The Morgan fingerprint density at radius 2 is 2.50 bits per heavy atom. The van der Waals surface area contributed by atoms with E-state index in [1.165, 1.54) is 24.3 Å². The van der Waals surface area contributed by atoms with Crippen LogP contribution in [0.2, 0.25) is 0 Å². The van der Waals surface area contributed by atoms with Crippen molar-refractivity contribution < 1.29 is 0 Å². The monoisotopic (exact) mass is 236 g/mol. The highest BCUT2D eigenvalue weighted by Gasteiger charge is 2.15. The van der Waals surface area contributed by atoms with Gasteiger partial charge >= 0.3 is 0 Å². The lowest BCUT2D eigenvalue weighted by Gasteiger charge is -2.21. The van der Waals surface area contributed by atoms with Gasteiger partial charge in [0.1, 0.15) is 5.01 Å². The van der Waals surface area contributed by atoms with E-state index in [9.17, 15) is 0 Å². The van der Waals surface area contributed by atoms with E-state index in [0.717, 1.165) is 18.9 Å². The van der Waals surface area contributed by atoms with Crippen molar-refractivity contribution in [1.82, 2.24) is 10.3 Å². The van der Waals surface area contributed by atoms with Crippen LogP contribution in [-0.4, -0.2) is 11.5 Å². The van der Waals surface area contributed by atoms with E-state index in [1.54, 1.807) is 11.3 Å². The van der Waals surface area contributed by atoms with Gasteiger partial charge < -0.3 is 5.32 Å². The molecule has 0 radical (unpaired) electrons. The zero-order chi connectivity index (χ0) is 11.2. The molecule has 0 bridgehead atoms. The van der Waals surface area contributed by atoms with Gasteiger partial charge in [-0.3, -0.25) is 0 Å². The summed E-state index contributed by atoms with van der Waals surface area (Å²) >= 11 is 1.75. The molecular formula is C13H20N2S. The number of rotatable bonds is 5. The van der Waals surface area contributed by atoms with Crippen molar-refractivity contribution in [2.24, 2.45) is 5.92 Å². The zero-order valence-electron chi connectivity index (χ0n) is 9.86. The summed E-state index contributed by atoms with van der Waals surface area (Å²) in [5.41, 5.74) is 0. The van der Waals surface area contributed by atoms with Crippen molar-refractivity contribution in [1.29, 1.82) is 0 Å². The molecule has 0 aliphatic heterocycles. The van der Waals surface area contributed by atoms with Crippen molar-refractivity contribution >= 4 is 11.3 Å². The predicted molar refractivity (Wildman–Crippen MR) is 69.6 cm³/mol. The molecule has 88 valence electrons. The molecule has 0 saturated carbocycles. The molecule has 1 aromatic heterocycles. The molecular weight excluding hydrogens is 216 g/mol. The average Bonchev–Trinajstić information content (AvgIpc) is 2.85. The molecule has 1 aliphatic rings. The Labute approximate surface area is 102 Å². The van der Waals surface area contributed by atoms with Crippen LogP contribution in [0.5, 0.6) is 0 Å². The summed E-state index contributed by atoms with van der Waals surface area (Å²) in [5, 5.41) is 6.94. The Kier molecular flexibility index (Phi) is 4.55. The minimum Gasteiger partial charge on any atom is -0.308 e. The second-order valence-corrected chi connectivity index (χ2v) is 5.32. The van der Waals surface area contributed by atoms with E-state index >= 15 is 0 Å². The Bertz CT molecular complexity index is 319. The lowest BCUT2D eigenvalue weighted by molar-refractivity contribution is 0.400. The van der Waals surface area contributed by atoms with Gasteiger partial charge in [0.05, 0.1) is 6.04 Å². The van der Waals surface area contributed by atoms with Gasteiger partial charge in [-0.15, -0.1) is 11.3 Å². The van der Waals surface area contributed by atoms with Crippen LogP contribution in [0.25, 0.3) is 0 Å². The minimum absolute atomic E-state index is 0.450. The third kappa shape index (κ3) is 3.16. The Balaban J connectivity index is 1.81. The van der Waals surface area contributed by atoms with Crippen LogP contribution in [0.1, 0.15) is 43.7 Å². The lowest BCUT2D eigenvalue weighted by atomic mass is 9.94. The van der Waals surface area contributed by atoms with E-state index in [2.05, 4.69) is 34.8 Å². The molecule has 1 aliphatic carbocycles. The first-order valence-corrected chi connectivity index (χ1v) is 7.06. The first kappa shape index (κ1) is 11.8. The van der Waals surface area contributed by atoms with E-state index < -0.39 is 0 Å². The highest BCUT2D eigenvalue weighted by molar-refractivity contribution is 7.09. The molecule has 16 heavy (non-hydrogen) atoms. The number of nitrogens with zero attached hydrogens (tertiary/aromatic N) is 1. The third-order valence-corrected chi connectivity index (χ3v) is 4.08. The summed E-state index contributed by atoms with van der Waals surface area (Å²) in [6.07, 6.45) is 11.5. The van der Waals surface area contributed by atoms with Crippen molar-refractivity contribution in [2.45, 2.75) is 38.6 Å². The normalized spacial score (nSPS) is 22.2. The second-order valence-electron chi connectivity index (χ2n) is 4.39. The maximum Gasteiger partial charge on any atom is 0.109 e. The molecule has 1 aromatic rings. The van der Waals surface area contributed by atoms with Gasteiger partial charge in [0.25, 0.3) is 0 Å². The van der Waals surface area contributed by atoms with Crippen molar-refractivity contribution in [2.75, 3.05) is 6.54 Å². The minimum atomic E-state index is 0.450. The van der Waals surface area contributed by atoms with E-state index in [-0.39, 0.29) is 0 Å².